The number of hydrogen-bond donors (Lipinski definition) is 1. The van der Waals surface area contributed by atoms with Gasteiger partial charge in [0, 0.05) is 24.2 Å². The minimum absolute atomic E-state index is 0.101. The Morgan fingerprint density at radius 3 is 2.48 bits per heavy atom. The fourth-order valence-corrected chi connectivity index (χ4v) is 2.72. The lowest BCUT2D eigenvalue weighted by Gasteiger charge is -2.14. The van der Waals surface area contributed by atoms with Crippen LogP contribution in [0.5, 0.6) is 5.75 Å². The molecule has 0 radical (unpaired) electrons. The van der Waals surface area contributed by atoms with Crippen molar-refractivity contribution in [3.63, 3.8) is 0 Å². The van der Waals surface area contributed by atoms with Gasteiger partial charge in [0.2, 0.25) is 11.6 Å². The fraction of sp³-hybridized carbons (Fsp3) is 0.211. The summed E-state index contributed by atoms with van der Waals surface area (Å²) in [7, 11) is 3.22. The molecule has 3 aromatic rings. The number of amides is 1. The van der Waals surface area contributed by atoms with Crippen LogP contribution in [0.3, 0.4) is 0 Å². The Balaban J connectivity index is 1.76. The van der Waals surface area contributed by atoms with Crippen LogP contribution in [0.25, 0.3) is 5.69 Å². The van der Waals surface area contributed by atoms with Gasteiger partial charge in [0.1, 0.15) is 12.3 Å². The van der Waals surface area contributed by atoms with E-state index in [-0.39, 0.29) is 18.9 Å². The van der Waals surface area contributed by atoms with Crippen LogP contribution in [0.4, 0.5) is 0 Å². The third-order valence-corrected chi connectivity index (χ3v) is 4.40. The van der Waals surface area contributed by atoms with E-state index in [1.54, 1.807) is 62.7 Å². The number of nitrogens with one attached hydrogen (secondary N) is 1. The number of methoxy groups -OCH3 is 1. The molecular weight excluding hydrogens is 370 g/mol. The van der Waals surface area contributed by atoms with E-state index in [1.807, 2.05) is 0 Å². The van der Waals surface area contributed by atoms with Gasteiger partial charge in [0.05, 0.1) is 13.5 Å². The van der Waals surface area contributed by atoms with E-state index in [2.05, 4.69) is 5.27 Å². The van der Waals surface area contributed by atoms with E-state index in [0.717, 1.165) is 5.56 Å². The van der Waals surface area contributed by atoms with Gasteiger partial charge in [-0.05, 0) is 39.8 Å². The molecule has 2 aromatic carbocycles. The average Bonchev–Trinajstić information content (AvgIpc) is 3.04. The first-order valence-electron chi connectivity index (χ1n) is 8.23. The summed E-state index contributed by atoms with van der Waals surface area (Å²) in [5, 5.41) is 3.18. The fourth-order valence-electron chi connectivity index (χ4n) is 2.59. The molecule has 0 aliphatic rings. The predicted molar refractivity (Wildman–Crippen MR) is 99.0 cm³/mol. The zero-order valence-electron chi connectivity index (χ0n) is 14.9. The molecule has 1 heterocycles. The van der Waals surface area contributed by atoms with Crippen LogP contribution in [-0.4, -0.2) is 30.2 Å². The maximum absolute atomic E-state index is 12.5. The first kappa shape index (κ1) is 18.7. The van der Waals surface area contributed by atoms with Gasteiger partial charge in [-0.3, -0.25) is 9.32 Å². The highest BCUT2D eigenvalue weighted by atomic mass is 35.5. The molecule has 0 fully saturated rings. The van der Waals surface area contributed by atoms with Crippen LogP contribution in [0.1, 0.15) is 11.3 Å². The molecule has 0 saturated heterocycles. The Kier molecular flexibility index (Phi) is 5.61. The standard InChI is InChI=1S/C19H18ClN3O4/c1-22(18(24)11-13-3-5-14(20)6-4-13)12-17-19(25)27-21-23(17)15-7-9-16(26-2)10-8-15/h3-10H,11-12H2,1-2H3/p+1. The van der Waals surface area contributed by atoms with Crippen molar-refractivity contribution >= 4 is 17.5 Å². The van der Waals surface area contributed by atoms with Crippen molar-refractivity contribution in [3.8, 4) is 11.4 Å². The number of aromatic nitrogens is 2. The maximum atomic E-state index is 12.5. The van der Waals surface area contributed by atoms with Crippen molar-refractivity contribution in [3.05, 3.63) is 75.2 Å². The third-order valence-electron chi connectivity index (χ3n) is 4.15. The molecule has 1 aromatic heterocycles. The van der Waals surface area contributed by atoms with Crippen molar-refractivity contribution in [2.24, 2.45) is 0 Å². The lowest BCUT2D eigenvalue weighted by Crippen LogP contribution is -2.42. The molecule has 1 amide bonds. The number of ether oxygens (including phenoxy) is 1. The SMILES string of the molecule is COc1ccc(-[n+]2[nH]oc(=O)c2CN(C)C(=O)Cc2ccc(Cl)cc2)cc1. The number of likely N-dealkylation sites (N-methyl/N-ethyl adjacent to an activating group) is 1. The molecule has 0 bridgehead atoms. The van der Waals surface area contributed by atoms with Crippen LogP contribution in [0.2, 0.25) is 5.02 Å². The number of benzene rings is 2. The predicted octanol–water partition coefficient (Wildman–Crippen LogP) is 2.11. The summed E-state index contributed by atoms with van der Waals surface area (Å²) in [6.07, 6.45) is 0.214. The summed E-state index contributed by atoms with van der Waals surface area (Å²) in [5.74, 6) is 0.571. The van der Waals surface area contributed by atoms with Gasteiger partial charge in [-0.1, -0.05) is 23.7 Å². The van der Waals surface area contributed by atoms with Gasteiger partial charge in [0.15, 0.2) is 0 Å². The maximum Gasteiger partial charge on any atom is 0.432 e. The molecule has 0 spiro atoms. The number of aromatic amines is 1. The zero-order valence-corrected chi connectivity index (χ0v) is 15.7. The van der Waals surface area contributed by atoms with Gasteiger partial charge in [0.25, 0.3) is 0 Å². The number of halogens is 1. The van der Waals surface area contributed by atoms with Gasteiger partial charge in [-0.2, -0.15) is 0 Å². The summed E-state index contributed by atoms with van der Waals surface area (Å²) < 4.78 is 11.6. The second kappa shape index (κ2) is 8.09. The highest BCUT2D eigenvalue weighted by Crippen LogP contribution is 2.12. The van der Waals surface area contributed by atoms with E-state index >= 15 is 0 Å². The highest BCUT2D eigenvalue weighted by Gasteiger charge is 2.26. The molecular formula is C19H19ClN3O4+. The first-order valence-corrected chi connectivity index (χ1v) is 8.61. The van der Waals surface area contributed by atoms with Crippen LogP contribution >= 0.6 is 11.6 Å². The van der Waals surface area contributed by atoms with E-state index < -0.39 is 5.63 Å². The van der Waals surface area contributed by atoms with E-state index in [0.29, 0.717) is 22.2 Å². The number of carbonyl (C=O) groups excluding carboxylic acids is 1. The molecule has 0 atom stereocenters. The largest absolute Gasteiger partial charge is 0.497 e. The van der Waals surface area contributed by atoms with Gasteiger partial charge in [-0.15, -0.1) is 0 Å². The van der Waals surface area contributed by atoms with Crippen LogP contribution in [0.15, 0.2) is 57.8 Å². The molecule has 0 saturated carbocycles. The molecule has 0 aliphatic carbocycles. The summed E-state index contributed by atoms with van der Waals surface area (Å²) in [6, 6.07) is 14.2. The quantitative estimate of drug-likeness (QED) is 0.656. The normalized spacial score (nSPS) is 10.6. The number of carbonyl (C=O) groups is 1. The van der Waals surface area contributed by atoms with Crippen LogP contribution < -0.4 is 15.0 Å². The first-order chi connectivity index (χ1) is 13.0. The molecule has 3 rings (SSSR count). The van der Waals surface area contributed by atoms with Gasteiger partial charge < -0.3 is 9.64 Å². The highest BCUT2D eigenvalue weighted by molar-refractivity contribution is 6.30. The number of H-pyrrole nitrogens is 1. The van der Waals surface area contributed by atoms with E-state index in [4.69, 9.17) is 20.9 Å². The van der Waals surface area contributed by atoms with Crippen molar-refractivity contribution in [2.45, 2.75) is 13.0 Å². The minimum atomic E-state index is -0.531. The Bertz CT molecular complexity index is 977. The number of hydrogen-bond acceptors (Lipinski definition) is 4. The lowest BCUT2D eigenvalue weighted by molar-refractivity contribution is -0.678. The second-order valence-corrected chi connectivity index (χ2v) is 6.45. The summed E-state index contributed by atoms with van der Waals surface area (Å²) in [6.45, 7) is 0.101. The molecule has 7 nitrogen and oxygen atoms in total. The molecule has 0 aliphatic heterocycles. The Morgan fingerprint density at radius 1 is 1.19 bits per heavy atom. The van der Waals surface area contributed by atoms with Crippen molar-refractivity contribution in [1.82, 2.24) is 10.2 Å². The summed E-state index contributed by atoms with van der Waals surface area (Å²) in [4.78, 5) is 26.1. The average molecular weight is 389 g/mol. The zero-order chi connectivity index (χ0) is 19.4. The summed E-state index contributed by atoms with van der Waals surface area (Å²) >= 11 is 5.86. The summed E-state index contributed by atoms with van der Waals surface area (Å²) in [5.41, 5.74) is 1.32. The number of rotatable bonds is 6. The van der Waals surface area contributed by atoms with E-state index in [1.165, 1.54) is 9.58 Å². The van der Waals surface area contributed by atoms with Crippen LogP contribution in [0, 0.1) is 0 Å². The topological polar surface area (TPSA) is 79.4 Å². The van der Waals surface area contributed by atoms with E-state index in [9.17, 15) is 9.59 Å². The van der Waals surface area contributed by atoms with Crippen LogP contribution in [-0.2, 0) is 17.8 Å². The Hall–Kier alpha value is -3.06. The Morgan fingerprint density at radius 2 is 1.85 bits per heavy atom. The van der Waals surface area contributed by atoms with Gasteiger partial charge >= 0.3 is 11.3 Å². The smallest absolute Gasteiger partial charge is 0.432 e. The molecule has 0 unspecified atom stereocenters. The van der Waals surface area contributed by atoms with Gasteiger partial charge in [-0.25, -0.2) is 4.79 Å². The molecule has 1 N–H and O–H groups in total. The monoisotopic (exact) mass is 388 g/mol. The lowest BCUT2D eigenvalue weighted by atomic mass is 10.1. The molecule has 140 valence electrons. The second-order valence-electron chi connectivity index (χ2n) is 6.01. The van der Waals surface area contributed by atoms with Crippen molar-refractivity contribution in [1.29, 1.82) is 0 Å². The Labute approximate surface area is 160 Å². The minimum Gasteiger partial charge on any atom is -0.497 e. The third kappa shape index (κ3) is 4.38. The van der Waals surface area contributed by atoms with Crippen molar-refractivity contribution in [2.75, 3.05) is 14.2 Å². The number of nitrogens with zero attached hydrogens (tertiary/aromatic N) is 2. The van der Waals surface area contributed by atoms with Crippen molar-refractivity contribution < 1.29 is 18.7 Å². The molecule has 27 heavy (non-hydrogen) atoms. The molecule has 8 heteroatoms.